The van der Waals surface area contributed by atoms with Gasteiger partial charge in [-0.25, -0.2) is 14.4 Å². The van der Waals surface area contributed by atoms with E-state index in [1.165, 1.54) is 18.5 Å². The van der Waals surface area contributed by atoms with Gasteiger partial charge in [-0.3, -0.25) is 4.79 Å². The lowest BCUT2D eigenvalue weighted by Gasteiger charge is -2.23. The number of nitrogens with zero attached hydrogens (tertiary/aromatic N) is 3. The van der Waals surface area contributed by atoms with Crippen molar-refractivity contribution in [2.75, 3.05) is 24.5 Å². The average Bonchev–Trinajstić information content (AvgIpc) is 3.17. The van der Waals surface area contributed by atoms with Crippen LogP contribution in [0.15, 0.2) is 35.2 Å². The number of ether oxygens (including phenoxy) is 1. The van der Waals surface area contributed by atoms with Crippen LogP contribution in [0, 0.1) is 11.2 Å². The monoisotopic (exact) mass is 406 g/mol. The molecule has 1 atom stereocenters. The molecule has 4 rings (SSSR count). The average molecular weight is 407 g/mol. The summed E-state index contributed by atoms with van der Waals surface area (Å²) in [6, 6.07) is 4.24. The molecular formula is C17H16BrFN4O2. The summed E-state index contributed by atoms with van der Waals surface area (Å²) < 4.78 is 19.7. The molecule has 0 radical (unpaired) electrons. The number of nitrogens with one attached hydrogen (secondary N) is 1. The fourth-order valence-corrected chi connectivity index (χ4v) is 3.88. The van der Waals surface area contributed by atoms with Gasteiger partial charge in [0.25, 0.3) is 0 Å². The molecule has 1 aromatic carbocycles. The molecule has 6 nitrogen and oxygen atoms in total. The Morgan fingerprint density at radius 1 is 1.36 bits per heavy atom. The van der Waals surface area contributed by atoms with Gasteiger partial charge >= 0.3 is 0 Å². The molecule has 1 aromatic heterocycles. The van der Waals surface area contributed by atoms with E-state index >= 15 is 0 Å². The van der Waals surface area contributed by atoms with Gasteiger partial charge in [-0.2, -0.15) is 0 Å². The summed E-state index contributed by atoms with van der Waals surface area (Å²) >= 11 is 3.30. The fourth-order valence-electron chi connectivity index (χ4n) is 3.45. The summed E-state index contributed by atoms with van der Waals surface area (Å²) in [5.41, 5.74) is -0.0320. The minimum atomic E-state index is -0.344. The van der Waals surface area contributed by atoms with Gasteiger partial charge in [0.15, 0.2) is 11.6 Å². The van der Waals surface area contributed by atoms with Crippen LogP contribution in [-0.4, -0.2) is 35.5 Å². The number of benzene rings is 1. The summed E-state index contributed by atoms with van der Waals surface area (Å²) in [5, 5.41) is 2.92. The van der Waals surface area contributed by atoms with Crippen molar-refractivity contribution in [3.63, 3.8) is 0 Å². The van der Waals surface area contributed by atoms with Crippen LogP contribution >= 0.6 is 15.9 Å². The zero-order valence-corrected chi connectivity index (χ0v) is 14.9. The molecule has 2 fully saturated rings. The number of hydrogen-bond donors (Lipinski definition) is 1. The molecule has 1 spiro atoms. The largest absolute Gasteiger partial charge is 0.451 e. The van der Waals surface area contributed by atoms with E-state index < -0.39 is 0 Å². The molecule has 1 N–H and O–H groups in total. The summed E-state index contributed by atoms with van der Waals surface area (Å²) in [5.74, 6) is 1.44. The molecule has 8 heteroatoms. The van der Waals surface area contributed by atoms with Crippen LogP contribution in [0.1, 0.15) is 12.8 Å². The lowest BCUT2D eigenvalue weighted by molar-refractivity contribution is -0.119. The van der Waals surface area contributed by atoms with Gasteiger partial charge < -0.3 is 15.0 Å². The van der Waals surface area contributed by atoms with Crippen molar-refractivity contribution in [1.82, 2.24) is 15.3 Å². The lowest BCUT2D eigenvalue weighted by atomic mass is 9.86. The highest BCUT2D eigenvalue weighted by Gasteiger charge is 2.44. The number of halogens is 2. The Labute approximate surface area is 152 Å². The quantitative estimate of drug-likeness (QED) is 0.848. The number of hydrogen-bond acceptors (Lipinski definition) is 5. The maximum atomic E-state index is 13.3. The molecule has 3 heterocycles. The number of aromatic nitrogens is 2. The van der Waals surface area contributed by atoms with Gasteiger partial charge in [0.05, 0.1) is 10.7 Å². The summed E-state index contributed by atoms with van der Waals surface area (Å²) in [7, 11) is 0. The predicted molar refractivity (Wildman–Crippen MR) is 93.1 cm³/mol. The first-order valence-electron chi connectivity index (χ1n) is 7.99. The number of carbonyl (C=O) groups is 1. The standard InChI is InChI=1S/C17H16BrFN4O2/c18-12-5-11(19)1-2-13(12)25-14-7-20-10-22-16(14)23-4-3-17(9-23)6-15(24)21-8-17/h1-2,5,7,10H,3-4,6,8-9H2,(H,21,24). The van der Waals surface area contributed by atoms with Crippen LogP contribution in [0.25, 0.3) is 0 Å². The van der Waals surface area contributed by atoms with Crippen molar-refractivity contribution in [2.24, 2.45) is 5.41 Å². The Kier molecular flexibility index (Phi) is 4.07. The third kappa shape index (κ3) is 3.18. The second kappa shape index (κ2) is 6.25. The smallest absolute Gasteiger partial charge is 0.220 e. The first-order valence-corrected chi connectivity index (χ1v) is 8.79. The molecule has 2 aliphatic heterocycles. The zero-order valence-electron chi connectivity index (χ0n) is 13.3. The van der Waals surface area contributed by atoms with Crippen LogP contribution in [-0.2, 0) is 4.79 Å². The van der Waals surface area contributed by atoms with Gasteiger partial charge in [0.1, 0.15) is 17.9 Å². The van der Waals surface area contributed by atoms with Gasteiger partial charge in [0, 0.05) is 31.5 Å². The van der Waals surface area contributed by atoms with Crippen molar-refractivity contribution in [2.45, 2.75) is 12.8 Å². The van der Waals surface area contributed by atoms with Gasteiger partial charge in [-0.15, -0.1) is 0 Å². The number of rotatable bonds is 3. The number of amides is 1. The second-order valence-corrected chi connectivity index (χ2v) is 7.37. The predicted octanol–water partition coefficient (Wildman–Crippen LogP) is 2.89. The Morgan fingerprint density at radius 3 is 3.00 bits per heavy atom. The van der Waals surface area contributed by atoms with Crippen LogP contribution in [0.4, 0.5) is 10.2 Å². The molecule has 1 unspecified atom stereocenters. The van der Waals surface area contributed by atoms with Crippen LogP contribution in [0.5, 0.6) is 11.5 Å². The van der Waals surface area contributed by atoms with E-state index in [-0.39, 0.29) is 17.1 Å². The highest BCUT2D eigenvalue weighted by Crippen LogP contribution is 2.41. The molecule has 0 saturated carbocycles. The van der Waals surface area contributed by atoms with E-state index in [2.05, 4.69) is 36.1 Å². The van der Waals surface area contributed by atoms with E-state index in [1.807, 2.05) is 0 Å². The normalized spacial score (nSPS) is 22.5. The Balaban J connectivity index is 1.58. The van der Waals surface area contributed by atoms with Crippen molar-refractivity contribution < 1.29 is 13.9 Å². The van der Waals surface area contributed by atoms with Crippen molar-refractivity contribution >= 4 is 27.7 Å². The summed E-state index contributed by atoms with van der Waals surface area (Å²) in [4.78, 5) is 22.1. The number of anilines is 1. The van der Waals surface area contributed by atoms with Crippen molar-refractivity contribution in [3.05, 3.63) is 41.0 Å². The Morgan fingerprint density at radius 2 is 2.24 bits per heavy atom. The number of carbonyl (C=O) groups excluding carboxylic acids is 1. The first-order chi connectivity index (χ1) is 12.0. The van der Waals surface area contributed by atoms with E-state index in [4.69, 9.17) is 4.74 Å². The van der Waals surface area contributed by atoms with E-state index in [1.54, 1.807) is 12.3 Å². The highest BCUT2D eigenvalue weighted by molar-refractivity contribution is 9.10. The molecule has 25 heavy (non-hydrogen) atoms. The van der Waals surface area contributed by atoms with E-state index in [9.17, 15) is 9.18 Å². The lowest BCUT2D eigenvalue weighted by Crippen LogP contribution is -2.29. The second-order valence-electron chi connectivity index (χ2n) is 6.51. The van der Waals surface area contributed by atoms with Gasteiger partial charge in [-0.05, 0) is 40.5 Å². The minimum Gasteiger partial charge on any atom is -0.451 e. The third-order valence-electron chi connectivity index (χ3n) is 4.71. The maximum Gasteiger partial charge on any atom is 0.220 e. The molecule has 0 bridgehead atoms. The Bertz CT molecular complexity index is 834. The van der Waals surface area contributed by atoms with Crippen LogP contribution < -0.4 is 15.0 Å². The van der Waals surface area contributed by atoms with Gasteiger partial charge in [-0.1, -0.05) is 0 Å². The molecule has 2 saturated heterocycles. The molecule has 2 aromatic rings. The minimum absolute atomic E-state index is 0.0320. The van der Waals surface area contributed by atoms with Crippen LogP contribution in [0.2, 0.25) is 0 Å². The zero-order chi connectivity index (χ0) is 17.4. The molecule has 1 amide bonds. The SMILES string of the molecule is O=C1CC2(CCN(c3ncncc3Oc3ccc(F)cc3Br)C2)CN1. The van der Waals surface area contributed by atoms with Gasteiger partial charge in [0.2, 0.25) is 5.91 Å². The molecular weight excluding hydrogens is 391 g/mol. The van der Waals surface area contributed by atoms with Crippen molar-refractivity contribution in [1.29, 1.82) is 0 Å². The third-order valence-corrected chi connectivity index (χ3v) is 5.33. The summed E-state index contributed by atoms with van der Waals surface area (Å²) in [6.07, 6.45) is 4.55. The molecule has 2 aliphatic rings. The van der Waals surface area contributed by atoms with E-state index in [0.29, 0.717) is 34.8 Å². The van der Waals surface area contributed by atoms with E-state index in [0.717, 1.165) is 19.5 Å². The van der Waals surface area contributed by atoms with Crippen LogP contribution in [0.3, 0.4) is 0 Å². The Hall–Kier alpha value is -2.22. The summed E-state index contributed by atoms with van der Waals surface area (Å²) in [6.45, 7) is 2.24. The fraction of sp³-hybridized carbons (Fsp3) is 0.353. The van der Waals surface area contributed by atoms with Crippen molar-refractivity contribution in [3.8, 4) is 11.5 Å². The maximum absolute atomic E-state index is 13.3. The molecule has 0 aliphatic carbocycles. The molecule has 130 valence electrons. The first kappa shape index (κ1) is 16.3. The highest BCUT2D eigenvalue weighted by atomic mass is 79.9. The topological polar surface area (TPSA) is 67.4 Å².